The first-order valence-corrected chi connectivity index (χ1v) is 8.44. The zero-order valence-electron chi connectivity index (χ0n) is 12.9. The van der Waals surface area contributed by atoms with Gasteiger partial charge in [-0.25, -0.2) is 4.90 Å². The van der Waals surface area contributed by atoms with E-state index in [-0.39, 0.29) is 23.3 Å². The van der Waals surface area contributed by atoms with Crippen LogP contribution in [0.3, 0.4) is 0 Å². The summed E-state index contributed by atoms with van der Waals surface area (Å²) in [6, 6.07) is 11.9. The zero-order chi connectivity index (χ0) is 17.6. The van der Waals surface area contributed by atoms with Crippen molar-refractivity contribution in [1.82, 2.24) is 4.98 Å². The molecule has 2 N–H and O–H groups in total. The maximum atomic E-state index is 12.7. The SMILES string of the molecule is O=C1C[C@H](Nc2ccc3cc[nH]c3c2)C(=O)N1c1cccc(Cl)c1Cl. The third-order valence-corrected chi connectivity index (χ3v) is 5.02. The molecule has 0 unspecified atom stereocenters. The summed E-state index contributed by atoms with van der Waals surface area (Å²) in [5, 5.41) is 4.70. The molecule has 1 aliphatic rings. The fraction of sp³-hybridized carbons (Fsp3) is 0.111. The molecule has 0 spiro atoms. The summed E-state index contributed by atoms with van der Waals surface area (Å²) in [4.78, 5) is 29.3. The number of benzene rings is 2. The van der Waals surface area contributed by atoms with Crippen LogP contribution in [0.1, 0.15) is 6.42 Å². The minimum atomic E-state index is -0.644. The highest BCUT2D eigenvalue weighted by Gasteiger charge is 2.40. The molecule has 2 heterocycles. The van der Waals surface area contributed by atoms with Crippen molar-refractivity contribution in [2.75, 3.05) is 10.2 Å². The van der Waals surface area contributed by atoms with Gasteiger partial charge < -0.3 is 10.3 Å². The summed E-state index contributed by atoms with van der Waals surface area (Å²) in [5.74, 6) is -0.659. The van der Waals surface area contributed by atoms with E-state index in [1.807, 2.05) is 30.5 Å². The summed E-state index contributed by atoms with van der Waals surface area (Å²) in [5.41, 5.74) is 2.03. The summed E-state index contributed by atoms with van der Waals surface area (Å²) >= 11 is 12.2. The molecule has 1 aliphatic heterocycles. The number of halogens is 2. The van der Waals surface area contributed by atoms with Crippen molar-refractivity contribution in [2.45, 2.75) is 12.5 Å². The van der Waals surface area contributed by atoms with Gasteiger partial charge in [0.25, 0.3) is 5.91 Å². The number of fused-ring (bicyclic) bond motifs is 1. The second-order valence-corrected chi connectivity index (χ2v) is 6.61. The molecule has 1 saturated heterocycles. The summed E-state index contributed by atoms with van der Waals surface area (Å²) < 4.78 is 0. The highest BCUT2D eigenvalue weighted by Crippen LogP contribution is 2.35. The molecule has 5 nitrogen and oxygen atoms in total. The number of aromatic nitrogens is 1. The van der Waals surface area contributed by atoms with Crippen LogP contribution in [0, 0.1) is 0 Å². The molecule has 7 heteroatoms. The first-order chi connectivity index (χ1) is 12.0. The number of anilines is 2. The molecule has 1 atom stereocenters. The number of amides is 2. The number of hydrogen-bond acceptors (Lipinski definition) is 3. The van der Waals surface area contributed by atoms with Crippen LogP contribution >= 0.6 is 23.2 Å². The van der Waals surface area contributed by atoms with Crippen molar-refractivity contribution < 1.29 is 9.59 Å². The lowest BCUT2D eigenvalue weighted by Crippen LogP contribution is -2.35. The van der Waals surface area contributed by atoms with Crippen LogP contribution in [-0.4, -0.2) is 22.8 Å². The van der Waals surface area contributed by atoms with E-state index in [4.69, 9.17) is 23.2 Å². The highest BCUT2D eigenvalue weighted by atomic mass is 35.5. The summed E-state index contributed by atoms with van der Waals surface area (Å²) in [6.45, 7) is 0. The maximum absolute atomic E-state index is 12.7. The van der Waals surface area contributed by atoms with Crippen molar-refractivity contribution in [3.8, 4) is 0 Å². The Morgan fingerprint density at radius 3 is 2.80 bits per heavy atom. The second-order valence-electron chi connectivity index (χ2n) is 5.82. The molecule has 1 fully saturated rings. The fourth-order valence-electron chi connectivity index (χ4n) is 3.00. The van der Waals surface area contributed by atoms with Gasteiger partial charge in [-0.05, 0) is 35.7 Å². The number of rotatable bonds is 3. The molecule has 3 aromatic rings. The van der Waals surface area contributed by atoms with Crippen molar-refractivity contribution in [3.63, 3.8) is 0 Å². The molecule has 2 aromatic carbocycles. The Kier molecular flexibility index (Phi) is 3.90. The van der Waals surface area contributed by atoms with Gasteiger partial charge >= 0.3 is 0 Å². The second kappa shape index (κ2) is 6.10. The third-order valence-electron chi connectivity index (χ3n) is 4.21. The molecule has 25 heavy (non-hydrogen) atoms. The standard InChI is InChI=1S/C18H13Cl2N3O2/c19-12-2-1-3-15(17(12)20)23-16(24)9-14(18(23)25)22-11-5-4-10-6-7-21-13(10)8-11/h1-8,14,21-22H,9H2/t14-/m0/s1. The van der Waals surface area contributed by atoms with Crippen molar-refractivity contribution >= 4 is 57.3 Å². The lowest BCUT2D eigenvalue weighted by Gasteiger charge is -2.17. The zero-order valence-corrected chi connectivity index (χ0v) is 14.4. The van der Waals surface area contributed by atoms with Crippen molar-refractivity contribution in [2.24, 2.45) is 0 Å². The predicted octanol–water partition coefficient (Wildman–Crippen LogP) is 4.22. The number of carbonyl (C=O) groups excluding carboxylic acids is 2. The fourth-order valence-corrected chi connectivity index (χ4v) is 3.38. The smallest absolute Gasteiger partial charge is 0.256 e. The van der Waals surface area contributed by atoms with E-state index < -0.39 is 6.04 Å². The van der Waals surface area contributed by atoms with E-state index in [0.717, 1.165) is 21.5 Å². The Morgan fingerprint density at radius 1 is 1.12 bits per heavy atom. The topological polar surface area (TPSA) is 65.2 Å². The quantitative estimate of drug-likeness (QED) is 0.675. The van der Waals surface area contributed by atoms with Gasteiger partial charge in [0.05, 0.1) is 22.2 Å². The van der Waals surface area contributed by atoms with Crippen LogP contribution in [0.2, 0.25) is 10.0 Å². The van der Waals surface area contributed by atoms with Gasteiger partial charge in [-0.2, -0.15) is 0 Å². The highest BCUT2D eigenvalue weighted by molar-refractivity contribution is 6.45. The van der Waals surface area contributed by atoms with Crippen LogP contribution in [0.15, 0.2) is 48.7 Å². The Hall–Kier alpha value is -2.50. The maximum Gasteiger partial charge on any atom is 0.256 e. The van der Waals surface area contributed by atoms with Crippen molar-refractivity contribution in [3.05, 3.63) is 58.7 Å². The predicted molar refractivity (Wildman–Crippen MR) is 99.3 cm³/mol. The summed E-state index contributed by atoms with van der Waals surface area (Å²) in [6.07, 6.45) is 1.91. The number of nitrogens with one attached hydrogen (secondary N) is 2. The first kappa shape index (κ1) is 16.0. The van der Waals surface area contributed by atoms with Gasteiger partial charge in [-0.15, -0.1) is 0 Å². The van der Waals surface area contributed by atoms with Crippen LogP contribution in [0.4, 0.5) is 11.4 Å². The lowest BCUT2D eigenvalue weighted by atomic mass is 10.2. The molecule has 0 radical (unpaired) electrons. The van der Waals surface area contributed by atoms with Gasteiger partial charge in [-0.3, -0.25) is 9.59 Å². The van der Waals surface area contributed by atoms with E-state index >= 15 is 0 Å². The normalized spacial score (nSPS) is 17.5. The number of aromatic amines is 1. The van der Waals surface area contributed by atoms with Gasteiger partial charge in [0.1, 0.15) is 6.04 Å². The average Bonchev–Trinajstić information content (AvgIpc) is 3.15. The molecule has 0 bridgehead atoms. The van der Waals surface area contributed by atoms with E-state index in [1.165, 1.54) is 0 Å². The Balaban J connectivity index is 1.61. The minimum Gasteiger partial charge on any atom is -0.373 e. The van der Waals surface area contributed by atoms with Gasteiger partial charge in [-0.1, -0.05) is 35.3 Å². The third kappa shape index (κ3) is 2.75. The van der Waals surface area contributed by atoms with Crippen LogP contribution in [-0.2, 0) is 9.59 Å². The number of hydrogen-bond donors (Lipinski definition) is 2. The van der Waals surface area contributed by atoms with Gasteiger partial charge in [0.2, 0.25) is 5.91 Å². The molecule has 4 rings (SSSR count). The Bertz CT molecular complexity index is 999. The van der Waals surface area contributed by atoms with Crippen LogP contribution in [0.25, 0.3) is 10.9 Å². The van der Waals surface area contributed by atoms with Gasteiger partial charge in [0.15, 0.2) is 0 Å². The number of nitrogens with zero attached hydrogens (tertiary/aromatic N) is 1. The molecule has 0 aliphatic carbocycles. The summed E-state index contributed by atoms with van der Waals surface area (Å²) in [7, 11) is 0. The first-order valence-electron chi connectivity index (χ1n) is 7.69. The molecular formula is C18H13Cl2N3O2. The molecule has 1 aromatic heterocycles. The van der Waals surface area contributed by atoms with E-state index in [1.54, 1.807) is 18.2 Å². The van der Waals surface area contributed by atoms with E-state index in [2.05, 4.69) is 10.3 Å². The van der Waals surface area contributed by atoms with Crippen LogP contribution < -0.4 is 10.2 Å². The minimum absolute atomic E-state index is 0.0600. The van der Waals surface area contributed by atoms with E-state index in [9.17, 15) is 9.59 Å². The van der Waals surface area contributed by atoms with Gasteiger partial charge in [0, 0.05) is 17.4 Å². The molecule has 126 valence electrons. The largest absolute Gasteiger partial charge is 0.373 e. The Morgan fingerprint density at radius 2 is 1.96 bits per heavy atom. The lowest BCUT2D eigenvalue weighted by molar-refractivity contribution is -0.121. The number of H-pyrrole nitrogens is 1. The number of imide groups is 1. The average molecular weight is 374 g/mol. The number of carbonyl (C=O) groups is 2. The van der Waals surface area contributed by atoms with Crippen LogP contribution in [0.5, 0.6) is 0 Å². The molecular weight excluding hydrogens is 361 g/mol. The van der Waals surface area contributed by atoms with E-state index in [0.29, 0.717) is 10.7 Å². The van der Waals surface area contributed by atoms with Crippen molar-refractivity contribution in [1.29, 1.82) is 0 Å². The Labute approximate surface area is 153 Å². The monoisotopic (exact) mass is 373 g/mol. The molecule has 0 saturated carbocycles. The molecule has 2 amide bonds.